The molecular formula is C20H18Cl2N2O2. The van der Waals surface area contributed by atoms with Gasteiger partial charge in [-0.05, 0) is 31.5 Å². The van der Waals surface area contributed by atoms with Crippen LogP contribution in [0.2, 0.25) is 10.0 Å². The molecule has 0 spiro atoms. The Morgan fingerprint density at radius 3 is 2.35 bits per heavy atom. The highest BCUT2D eigenvalue weighted by molar-refractivity contribution is 6.39. The monoisotopic (exact) mass is 388 g/mol. The number of carbonyl (C=O) groups is 1. The van der Waals surface area contributed by atoms with Crippen LogP contribution in [0.3, 0.4) is 0 Å². The fourth-order valence-electron chi connectivity index (χ4n) is 3.18. The van der Waals surface area contributed by atoms with E-state index in [0.717, 1.165) is 16.6 Å². The molecule has 0 saturated carbocycles. The largest absolute Gasteiger partial charge is 0.476 e. The second-order valence-electron chi connectivity index (χ2n) is 5.81. The van der Waals surface area contributed by atoms with Gasteiger partial charge in [0, 0.05) is 29.1 Å². The maximum Gasteiger partial charge on any atom is 0.355 e. The number of aromatic carboxylic acids is 1. The van der Waals surface area contributed by atoms with Crippen molar-refractivity contribution in [1.29, 1.82) is 0 Å². The van der Waals surface area contributed by atoms with E-state index in [1.54, 1.807) is 12.1 Å². The minimum atomic E-state index is -1.09. The molecule has 3 rings (SSSR count). The van der Waals surface area contributed by atoms with Crippen LogP contribution in [0.25, 0.3) is 22.0 Å². The molecular weight excluding hydrogens is 371 g/mol. The van der Waals surface area contributed by atoms with Crippen molar-refractivity contribution in [2.24, 2.45) is 0 Å². The fourth-order valence-corrected chi connectivity index (χ4v) is 3.71. The van der Waals surface area contributed by atoms with Gasteiger partial charge in [0.15, 0.2) is 5.69 Å². The summed E-state index contributed by atoms with van der Waals surface area (Å²) in [5.41, 5.74) is 2.57. The molecule has 0 atom stereocenters. The summed E-state index contributed by atoms with van der Waals surface area (Å²) in [5.74, 6) is -1.09. The van der Waals surface area contributed by atoms with Gasteiger partial charge in [0.1, 0.15) is 0 Å². The smallest absolute Gasteiger partial charge is 0.355 e. The zero-order valence-corrected chi connectivity index (χ0v) is 16.0. The van der Waals surface area contributed by atoms with Crippen LogP contribution in [-0.4, -0.2) is 29.1 Å². The molecule has 0 aliphatic rings. The van der Waals surface area contributed by atoms with Gasteiger partial charge in [-0.3, -0.25) is 0 Å². The number of benzene rings is 2. The minimum Gasteiger partial charge on any atom is -0.476 e. The maximum atomic E-state index is 12.0. The van der Waals surface area contributed by atoms with E-state index in [1.807, 2.05) is 44.2 Å². The number of fused-ring (bicyclic) bond motifs is 1. The van der Waals surface area contributed by atoms with Gasteiger partial charge in [-0.25, -0.2) is 9.78 Å². The van der Waals surface area contributed by atoms with Crippen LogP contribution in [0, 0.1) is 0 Å². The molecule has 3 aromatic rings. The maximum absolute atomic E-state index is 12.0. The summed E-state index contributed by atoms with van der Waals surface area (Å²) in [4.78, 5) is 18.5. The number of carboxylic acids is 1. The van der Waals surface area contributed by atoms with E-state index in [4.69, 9.17) is 23.2 Å². The molecule has 1 aromatic heterocycles. The first-order valence-corrected chi connectivity index (χ1v) is 9.09. The summed E-state index contributed by atoms with van der Waals surface area (Å²) in [6, 6.07) is 12.8. The van der Waals surface area contributed by atoms with Gasteiger partial charge in [-0.15, -0.1) is 0 Å². The Morgan fingerprint density at radius 1 is 1.12 bits per heavy atom. The fraction of sp³-hybridized carbons (Fsp3) is 0.200. The van der Waals surface area contributed by atoms with Gasteiger partial charge in [-0.2, -0.15) is 0 Å². The first kappa shape index (κ1) is 18.5. The predicted molar refractivity (Wildman–Crippen MR) is 108 cm³/mol. The Labute approximate surface area is 162 Å². The number of anilines is 1. The number of rotatable bonds is 5. The Morgan fingerprint density at radius 2 is 1.77 bits per heavy atom. The molecule has 1 N–H and O–H groups in total. The number of aromatic nitrogens is 1. The topological polar surface area (TPSA) is 53.4 Å². The molecule has 0 fully saturated rings. The summed E-state index contributed by atoms with van der Waals surface area (Å²) in [6.45, 7) is 5.46. The quantitative estimate of drug-likeness (QED) is 0.604. The summed E-state index contributed by atoms with van der Waals surface area (Å²) in [6.07, 6.45) is 0. The molecule has 26 heavy (non-hydrogen) atoms. The number of carboxylic acid groups (broad SMARTS) is 1. The molecule has 0 amide bonds. The van der Waals surface area contributed by atoms with E-state index in [-0.39, 0.29) is 5.69 Å². The number of halogens is 2. The molecule has 0 aliphatic heterocycles. The van der Waals surface area contributed by atoms with Gasteiger partial charge in [0.25, 0.3) is 0 Å². The third kappa shape index (κ3) is 3.22. The Balaban J connectivity index is 2.55. The van der Waals surface area contributed by atoms with E-state index >= 15 is 0 Å². The minimum absolute atomic E-state index is 0.0187. The molecule has 0 bridgehead atoms. The van der Waals surface area contributed by atoms with Crippen molar-refractivity contribution in [3.05, 3.63) is 58.2 Å². The van der Waals surface area contributed by atoms with Crippen molar-refractivity contribution in [2.45, 2.75) is 13.8 Å². The van der Waals surface area contributed by atoms with Crippen molar-refractivity contribution in [1.82, 2.24) is 4.98 Å². The molecule has 1 heterocycles. The van der Waals surface area contributed by atoms with Crippen molar-refractivity contribution < 1.29 is 9.90 Å². The van der Waals surface area contributed by atoms with Gasteiger partial charge in [0.05, 0.1) is 16.2 Å². The van der Waals surface area contributed by atoms with Gasteiger partial charge in [-0.1, -0.05) is 53.5 Å². The second-order valence-corrected chi connectivity index (χ2v) is 6.65. The van der Waals surface area contributed by atoms with Crippen LogP contribution >= 0.6 is 23.2 Å². The van der Waals surface area contributed by atoms with E-state index < -0.39 is 5.97 Å². The molecule has 6 heteroatoms. The van der Waals surface area contributed by atoms with Crippen LogP contribution in [-0.2, 0) is 0 Å². The third-order valence-corrected chi connectivity index (χ3v) is 4.83. The summed E-state index contributed by atoms with van der Waals surface area (Å²) in [7, 11) is 0. The van der Waals surface area contributed by atoms with Gasteiger partial charge < -0.3 is 10.0 Å². The SMILES string of the molecule is CCN(CC)c1c(-c2ccccc2)c(C(=O)O)nc2c(Cl)cc(Cl)cc12. The van der Waals surface area contributed by atoms with Crippen LogP contribution in [0.15, 0.2) is 42.5 Å². The third-order valence-electron chi connectivity index (χ3n) is 4.33. The highest BCUT2D eigenvalue weighted by atomic mass is 35.5. The highest BCUT2D eigenvalue weighted by Crippen LogP contribution is 2.42. The molecule has 0 radical (unpaired) electrons. The van der Waals surface area contributed by atoms with Gasteiger partial charge >= 0.3 is 5.97 Å². The standard InChI is InChI=1S/C20H18Cl2N2O2/c1-3-24(4-2)19-14-10-13(21)11-15(22)17(14)23-18(20(25)26)16(19)12-8-6-5-7-9-12/h5-11H,3-4H2,1-2H3,(H,25,26). The average molecular weight is 389 g/mol. The van der Waals surface area contributed by atoms with Crippen LogP contribution < -0.4 is 4.90 Å². The summed E-state index contributed by atoms with van der Waals surface area (Å²) < 4.78 is 0. The first-order valence-electron chi connectivity index (χ1n) is 8.34. The number of nitrogens with zero attached hydrogens (tertiary/aromatic N) is 2. The van der Waals surface area contributed by atoms with E-state index in [0.29, 0.717) is 34.2 Å². The second kappa shape index (κ2) is 7.52. The molecule has 0 aliphatic carbocycles. The molecule has 134 valence electrons. The zero-order valence-electron chi connectivity index (χ0n) is 14.5. The zero-order chi connectivity index (χ0) is 18.8. The van der Waals surface area contributed by atoms with Crippen molar-refractivity contribution in [3.8, 4) is 11.1 Å². The molecule has 0 unspecified atom stereocenters. The molecule has 4 nitrogen and oxygen atoms in total. The normalized spacial score (nSPS) is 10.9. The molecule has 2 aromatic carbocycles. The molecule has 0 saturated heterocycles. The Kier molecular flexibility index (Phi) is 5.35. The number of pyridine rings is 1. The highest BCUT2D eigenvalue weighted by Gasteiger charge is 2.25. The van der Waals surface area contributed by atoms with E-state index in [1.165, 1.54) is 0 Å². The van der Waals surface area contributed by atoms with Crippen LogP contribution in [0.5, 0.6) is 0 Å². The Bertz CT molecular complexity index is 971. The van der Waals surface area contributed by atoms with Crippen LogP contribution in [0.4, 0.5) is 5.69 Å². The van der Waals surface area contributed by atoms with E-state index in [9.17, 15) is 9.90 Å². The van der Waals surface area contributed by atoms with Crippen molar-refractivity contribution in [3.63, 3.8) is 0 Å². The summed E-state index contributed by atoms with van der Waals surface area (Å²) >= 11 is 12.6. The first-order chi connectivity index (χ1) is 12.5. The number of hydrogen-bond donors (Lipinski definition) is 1. The predicted octanol–water partition coefficient (Wildman–Crippen LogP) is 5.75. The number of hydrogen-bond acceptors (Lipinski definition) is 3. The van der Waals surface area contributed by atoms with E-state index in [2.05, 4.69) is 9.88 Å². The lowest BCUT2D eigenvalue weighted by Gasteiger charge is -2.27. The van der Waals surface area contributed by atoms with Crippen molar-refractivity contribution in [2.75, 3.05) is 18.0 Å². The van der Waals surface area contributed by atoms with Crippen molar-refractivity contribution >= 4 is 45.8 Å². The lowest BCUT2D eigenvalue weighted by molar-refractivity contribution is 0.0692. The lowest BCUT2D eigenvalue weighted by Crippen LogP contribution is -2.24. The average Bonchev–Trinajstić information content (AvgIpc) is 2.63. The van der Waals surface area contributed by atoms with Gasteiger partial charge in [0.2, 0.25) is 0 Å². The lowest BCUT2D eigenvalue weighted by atomic mass is 9.97. The Hall–Kier alpha value is -2.30. The summed E-state index contributed by atoms with van der Waals surface area (Å²) in [5, 5.41) is 11.4. The van der Waals surface area contributed by atoms with Crippen LogP contribution in [0.1, 0.15) is 24.3 Å².